The molecule has 3 fully saturated rings. The molecule has 0 radical (unpaired) electrons. The Morgan fingerprint density at radius 1 is 1.24 bits per heavy atom. The Morgan fingerprint density at radius 3 is 2.60 bits per heavy atom. The zero-order chi connectivity index (χ0) is 17.6. The maximum absolute atomic E-state index is 12.5. The van der Waals surface area contributed by atoms with Gasteiger partial charge in [0.1, 0.15) is 0 Å². The van der Waals surface area contributed by atoms with Gasteiger partial charge >= 0.3 is 0 Å². The number of likely N-dealkylation sites (tertiary alicyclic amines) is 1. The molecule has 0 bridgehead atoms. The molecule has 2 amide bonds. The lowest BCUT2D eigenvalue weighted by atomic mass is 9.81. The Bertz CT molecular complexity index is 748. The summed E-state index contributed by atoms with van der Waals surface area (Å²) >= 11 is 0. The Kier molecular flexibility index (Phi) is 3.77. The Labute approximate surface area is 146 Å². The van der Waals surface area contributed by atoms with Gasteiger partial charge in [-0.2, -0.15) is 5.26 Å². The van der Waals surface area contributed by atoms with Crippen LogP contribution in [0.4, 0.5) is 5.69 Å². The van der Waals surface area contributed by atoms with Crippen molar-refractivity contribution in [3.05, 3.63) is 29.8 Å². The van der Waals surface area contributed by atoms with Crippen LogP contribution < -0.4 is 4.90 Å². The van der Waals surface area contributed by atoms with Gasteiger partial charge in [-0.25, -0.2) is 0 Å². The summed E-state index contributed by atoms with van der Waals surface area (Å²) in [6.07, 6.45) is 2.11. The molecule has 1 aromatic rings. The third kappa shape index (κ3) is 2.79. The first kappa shape index (κ1) is 16.1. The number of aliphatic hydroxyl groups excluding tert-OH is 1. The largest absolute Gasteiger partial charge is 0.393 e. The highest BCUT2D eigenvalue weighted by Crippen LogP contribution is 2.43. The van der Waals surface area contributed by atoms with E-state index in [1.165, 1.54) is 0 Å². The summed E-state index contributed by atoms with van der Waals surface area (Å²) in [6.45, 7) is 1.94. The van der Waals surface area contributed by atoms with E-state index in [4.69, 9.17) is 5.26 Å². The predicted molar refractivity (Wildman–Crippen MR) is 90.5 cm³/mol. The Morgan fingerprint density at radius 2 is 1.96 bits per heavy atom. The summed E-state index contributed by atoms with van der Waals surface area (Å²) in [5.41, 5.74) is 1.22. The van der Waals surface area contributed by atoms with Gasteiger partial charge in [-0.1, -0.05) is 0 Å². The van der Waals surface area contributed by atoms with Crippen LogP contribution in [0.1, 0.15) is 31.2 Å². The molecule has 1 spiro atoms. The number of carbonyl (C=O) groups is 2. The average molecular weight is 339 g/mol. The Hall–Kier alpha value is -2.39. The third-order valence-electron chi connectivity index (χ3n) is 5.84. The minimum Gasteiger partial charge on any atom is -0.393 e. The number of amides is 2. The fraction of sp³-hybridized carbons (Fsp3) is 0.526. The first-order valence-corrected chi connectivity index (χ1v) is 8.77. The zero-order valence-corrected chi connectivity index (χ0v) is 14.0. The van der Waals surface area contributed by atoms with Crippen LogP contribution in [-0.4, -0.2) is 47.6 Å². The van der Waals surface area contributed by atoms with Crippen LogP contribution in [0.3, 0.4) is 0 Å². The van der Waals surface area contributed by atoms with Crippen molar-refractivity contribution in [2.24, 2.45) is 11.3 Å². The molecular formula is C19H21N3O3. The monoisotopic (exact) mass is 339 g/mol. The van der Waals surface area contributed by atoms with Gasteiger partial charge in [0.15, 0.2) is 0 Å². The SMILES string of the molecule is N#Cc1ccc(N2C[C@@]3(CCN(C(=O)C4CC(O)C4)C3)CC2=O)cc1. The van der Waals surface area contributed by atoms with E-state index in [9.17, 15) is 14.7 Å². The van der Waals surface area contributed by atoms with Gasteiger partial charge in [0, 0.05) is 43.1 Å². The van der Waals surface area contributed by atoms with Gasteiger partial charge in [0.05, 0.1) is 17.7 Å². The van der Waals surface area contributed by atoms with Gasteiger partial charge in [-0.05, 0) is 43.5 Å². The highest BCUT2D eigenvalue weighted by molar-refractivity contribution is 5.96. The molecule has 3 aliphatic rings. The van der Waals surface area contributed by atoms with Crippen molar-refractivity contribution in [2.75, 3.05) is 24.5 Å². The minimum atomic E-state index is -0.328. The van der Waals surface area contributed by atoms with E-state index >= 15 is 0 Å². The van der Waals surface area contributed by atoms with Crippen molar-refractivity contribution in [1.82, 2.24) is 4.90 Å². The molecule has 2 heterocycles. The second kappa shape index (κ2) is 5.85. The van der Waals surface area contributed by atoms with Gasteiger partial charge < -0.3 is 14.9 Å². The molecule has 2 aliphatic heterocycles. The lowest BCUT2D eigenvalue weighted by molar-refractivity contribution is -0.141. The number of aliphatic hydroxyl groups is 1. The predicted octanol–water partition coefficient (Wildman–Crippen LogP) is 1.28. The van der Waals surface area contributed by atoms with Gasteiger partial charge in [-0.15, -0.1) is 0 Å². The maximum atomic E-state index is 12.5. The molecule has 1 atom stereocenters. The normalized spacial score (nSPS) is 31.3. The van der Waals surface area contributed by atoms with Crippen LogP contribution in [0.25, 0.3) is 0 Å². The molecule has 1 aliphatic carbocycles. The summed E-state index contributed by atoms with van der Waals surface area (Å²) < 4.78 is 0. The number of nitrogens with zero attached hydrogens (tertiary/aromatic N) is 3. The number of anilines is 1. The van der Waals surface area contributed by atoms with Gasteiger partial charge in [0.2, 0.25) is 11.8 Å². The van der Waals surface area contributed by atoms with Gasteiger partial charge in [-0.3, -0.25) is 9.59 Å². The molecular weight excluding hydrogens is 318 g/mol. The van der Waals surface area contributed by atoms with E-state index < -0.39 is 0 Å². The summed E-state index contributed by atoms with van der Waals surface area (Å²) in [5, 5.41) is 18.3. The zero-order valence-electron chi connectivity index (χ0n) is 14.0. The van der Waals surface area contributed by atoms with Crippen LogP contribution in [0.15, 0.2) is 24.3 Å². The van der Waals surface area contributed by atoms with E-state index in [1.807, 2.05) is 17.0 Å². The second-order valence-electron chi connectivity index (χ2n) is 7.65. The van der Waals surface area contributed by atoms with Crippen LogP contribution in [0.2, 0.25) is 0 Å². The van der Waals surface area contributed by atoms with Crippen molar-refractivity contribution < 1.29 is 14.7 Å². The van der Waals surface area contributed by atoms with Crippen LogP contribution in [-0.2, 0) is 9.59 Å². The fourth-order valence-corrected chi connectivity index (χ4v) is 4.29. The molecule has 4 rings (SSSR count). The fourth-order valence-electron chi connectivity index (χ4n) is 4.29. The topological polar surface area (TPSA) is 84.6 Å². The van der Waals surface area contributed by atoms with Crippen molar-refractivity contribution >= 4 is 17.5 Å². The molecule has 1 aromatic carbocycles. The summed E-state index contributed by atoms with van der Waals surface area (Å²) in [7, 11) is 0. The summed E-state index contributed by atoms with van der Waals surface area (Å²) in [4.78, 5) is 28.7. The number of benzene rings is 1. The third-order valence-corrected chi connectivity index (χ3v) is 5.84. The second-order valence-corrected chi connectivity index (χ2v) is 7.65. The summed E-state index contributed by atoms with van der Waals surface area (Å²) in [6, 6.07) is 9.14. The quantitative estimate of drug-likeness (QED) is 0.880. The minimum absolute atomic E-state index is 0.0446. The summed E-state index contributed by atoms with van der Waals surface area (Å²) in [5.74, 6) is 0.168. The molecule has 0 aromatic heterocycles. The molecule has 1 N–H and O–H groups in total. The number of hydrogen-bond acceptors (Lipinski definition) is 4. The Balaban J connectivity index is 1.44. The van der Waals surface area contributed by atoms with Crippen LogP contribution in [0, 0.1) is 22.7 Å². The number of hydrogen-bond donors (Lipinski definition) is 1. The molecule has 0 unspecified atom stereocenters. The molecule has 1 saturated carbocycles. The molecule has 6 nitrogen and oxygen atoms in total. The van der Waals surface area contributed by atoms with Crippen molar-refractivity contribution in [3.8, 4) is 6.07 Å². The molecule has 2 saturated heterocycles. The van der Waals surface area contributed by atoms with Crippen LogP contribution >= 0.6 is 0 Å². The van der Waals surface area contributed by atoms with Crippen LogP contribution in [0.5, 0.6) is 0 Å². The number of rotatable bonds is 2. The van der Waals surface area contributed by atoms with Crippen molar-refractivity contribution in [1.29, 1.82) is 5.26 Å². The standard InChI is InChI=1S/C19H21N3O3/c20-10-13-1-3-15(4-2-13)22-12-19(9-17(22)24)5-6-21(11-19)18(25)14-7-16(23)8-14/h1-4,14,16,23H,5-9,11-12H2/t14?,16?,19-/m0/s1. The molecule has 25 heavy (non-hydrogen) atoms. The van der Waals surface area contributed by atoms with E-state index in [-0.39, 0.29) is 29.3 Å². The lowest BCUT2D eigenvalue weighted by Crippen LogP contribution is -2.43. The van der Waals surface area contributed by atoms with E-state index in [0.717, 1.165) is 12.1 Å². The lowest BCUT2D eigenvalue weighted by Gasteiger charge is -2.34. The number of carbonyl (C=O) groups excluding carboxylic acids is 2. The first-order chi connectivity index (χ1) is 12.0. The molecule has 130 valence electrons. The average Bonchev–Trinajstić information content (AvgIpc) is 3.15. The first-order valence-electron chi connectivity index (χ1n) is 8.77. The highest BCUT2D eigenvalue weighted by atomic mass is 16.3. The van der Waals surface area contributed by atoms with Crippen molar-refractivity contribution in [3.63, 3.8) is 0 Å². The highest BCUT2D eigenvalue weighted by Gasteiger charge is 2.50. The maximum Gasteiger partial charge on any atom is 0.227 e. The number of nitriles is 1. The molecule has 6 heteroatoms. The van der Waals surface area contributed by atoms with Crippen molar-refractivity contribution in [2.45, 2.75) is 31.8 Å². The van der Waals surface area contributed by atoms with E-state index in [0.29, 0.717) is 44.5 Å². The van der Waals surface area contributed by atoms with Gasteiger partial charge in [0.25, 0.3) is 0 Å². The smallest absolute Gasteiger partial charge is 0.227 e. The van der Waals surface area contributed by atoms with E-state index in [2.05, 4.69) is 6.07 Å². The van der Waals surface area contributed by atoms with E-state index in [1.54, 1.807) is 17.0 Å².